The topological polar surface area (TPSA) is 55.4 Å². The SMILES string of the molecule is COC(=O)C(I)CNC(=O)c1cc(Cl)cc(Cl)c1. The van der Waals surface area contributed by atoms with Crippen LogP contribution in [0.2, 0.25) is 10.0 Å². The van der Waals surface area contributed by atoms with Crippen molar-refractivity contribution in [3.63, 3.8) is 0 Å². The Labute approximate surface area is 128 Å². The number of methoxy groups -OCH3 is 1. The van der Waals surface area contributed by atoms with Crippen LogP contribution in [-0.2, 0) is 9.53 Å². The van der Waals surface area contributed by atoms with Gasteiger partial charge in [0.15, 0.2) is 0 Å². The molecule has 1 aromatic carbocycles. The molecule has 1 atom stereocenters. The minimum absolute atomic E-state index is 0.177. The highest BCUT2D eigenvalue weighted by Crippen LogP contribution is 2.19. The van der Waals surface area contributed by atoms with E-state index in [2.05, 4.69) is 10.1 Å². The molecule has 0 aliphatic rings. The van der Waals surface area contributed by atoms with E-state index >= 15 is 0 Å². The Hall–Kier alpha value is -0.530. The van der Waals surface area contributed by atoms with E-state index in [0.29, 0.717) is 15.6 Å². The van der Waals surface area contributed by atoms with Gasteiger partial charge in [0, 0.05) is 22.2 Å². The van der Waals surface area contributed by atoms with Crippen LogP contribution >= 0.6 is 45.8 Å². The van der Waals surface area contributed by atoms with Gasteiger partial charge in [0.2, 0.25) is 0 Å². The van der Waals surface area contributed by atoms with Gasteiger partial charge in [-0.3, -0.25) is 9.59 Å². The van der Waals surface area contributed by atoms with Crippen LogP contribution in [0.15, 0.2) is 18.2 Å². The first-order valence-corrected chi connectivity index (χ1v) is 6.90. The fraction of sp³-hybridized carbons (Fsp3) is 0.273. The molecule has 0 heterocycles. The lowest BCUT2D eigenvalue weighted by Crippen LogP contribution is -2.33. The predicted molar refractivity (Wildman–Crippen MR) is 78.6 cm³/mol. The minimum Gasteiger partial charge on any atom is -0.468 e. The second-order valence-electron chi connectivity index (χ2n) is 3.36. The molecule has 0 bridgehead atoms. The van der Waals surface area contributed by atoms with E-state index in [4.69, 9.17) is 23.2 Å². The number of hydrogen-bond donors (Lipinski definition) is 1. The third-order valence-corrected chi connectivity index (χ3v) is 3.41. The van der Waals surface area contributed by atoms with Crippen LogP contribution in [0, 0.1) is 0 Å². The fourth-order valence-corrected chi connectivity index (χ4v) is 2.18. The van der Waals surface area contributed by atoms with Crippen LogP contribution in [-0.4, -0.2) is 29.5 Å². The zero-order valence-corrected chi connectivity index (χ0v) is 13.0. The average Bonchev–Trinajstić information content (AvgIpc) is 2.33. The van der Waals surface area contributed by atoms with Gasteiger partial charge in [0.1, 0.15) is 3.92 Å². The molecule has 0 saturated carbocycles. The molecule has 18 heavy (non-hydrogen) atoms. The monoisotopic (exact) mass is 401 g/mol. The van der Waals surface area contributed by atoms with Gasteiger partial charge < -0.3 is 10.1 Å². The zero-order valence-electron chi connectivity index (χ0n) is 9.38. The van der Waals surface area contributed by atoms with E-state index in [-0.39, 0.29) is 18.4 Å². The summed E-state index contributed by atoms with van der Waals surface area (Å²) < 4.78 is 4.11. The number of amides is 1. The highest BCUT2D eigenvalue weighted by molar-refractivity contribution is 14.1. The van der Waals surface area contributed by atoms with Crippen LogP contribution in [0.4, 0.5) is 0 Å². The maximum Gasteiger partial charge on any atom is 0.320 e. The Morgan fingerprint density at radius 2 is 1.89 bits per heavy atom. The van der Waals surface area contributed by atoms with Crippen molar-refractivity contribution in [3.05, 3.63) is 33.8 Å². The molecule has 1 amide bonds. The van der Waals surface area contributed by atoms with Gasteiger partial charge in [-0.1, -0.05) is 45.8 Å². The molecule has 0 aliphatic carbocycles. The van der Waals surface area contributed by atoms with Gasteiger partial charge in [-0.05, 0) is 18.2 Å². The van der Waals surface area contributed by atoms with E-state index in [0.717, 1.165) is 0 Å². The number of carbonyl (C=O) groups is 2. The summed E-state index contributed by atoms with van der Waals surface area (Å²) in [6.45, 7) is 0.177. The number of carbonyl (C=O) groups excluding carboxylic acids is 2. The molecular formula is C11H10Cl2INO3. The molecule has 1 unspecified atom stereocenters. The summed E-state index contributed by atoms with van der Waals surface area (Å²) in [6.07, 6.45) is 0. The molecule has 1 rings (SSSR count). The smallest absolute Gasteiger partial charge is 0.320 e. The van der Waals surface area contributed by atoms with Crippen LogP contribution in [0.3, 0.4) is 0 Å². The van der Waals surface area contributed by atoms with Crippen molar-refractivity contribution >= 4 is 57.7 Å². The summed E-state index contributed by atoms with van der Waals surface area (Å²) in [5.74, 6) is -0.731. The first-order valence-electron chi connectivity index (χ1n) is 4.90. The predicted octanol–water partition coefficient (Wildman–Crippen LogP) is 2.70. The summed E-state index contributed by atoms with van der Waals surface area (Å²) in [7, 11) is 1.30. The molecular weight excluding hydrogens is 392 g/mol. The summed E-state index contributed by atoms with van der Waals surface area (Å²) in [6, 6.07) is 4.54. The Bertz CT molecular complexity index is 447. The van der Waals surface area contributed by atoms with Gasteiger partial charge in [-0.15, -0.1) is 0 Å². The zero-order chi connectivity index (χ0) is 13.7. The number of esters is 1. The number of halogens is 3. The molecule has 0 aliphatic heterocycles. The highest BCUT2D eigenvalue weighted by atomic mass is 127. The van der Waals surface area contributed by atoms with Crippen molar-refractivity contribution in [2.24, 2.45) is 0 Å². The van der Waals surface area contributed by atoms with E-state index in [9.17, 15) is 9.59 Å². The first-order chi connectivity index (χ1) is 8.43. The molecule has 0 radical (unpaired) electrons. The average molecular weight is 402 g/mol. The molecule has 1 aromatic rings. The molecule has 7 heteroatoms. The Morgan fingerprint density at radius 1 is 1.33 bits per heavy atom. The van der Waals surface area contributed by atoms with Crippen LogP contribution in [0.5, 0.6) is 0 Å². The Balaban J connectivity index is 2.63. The van der Waals surface area contributed by atoms with Crippen molar-refractivity contribution in [1.82, 2.24) is 5.32 Å². The van der Waals surface area contributed by atoms with E-state index < -0.39 is 3.92 Å². The second kappa shape index (κ2) is 7.16. The molecule has 1 N–H and O–H groups in total. The van der Waals surface area contributed by atoms with E-state index in [1.165, 1.54) is 25.3 Å². The van der Waals surface area contributed by atoms with E-state index in [1.54, 1.807) is 0 Å². The Kier molecular flexibility index (Phi) is 6.17. The molecule has 0 spiro atoms. The lowest BCUT2D eigenvalue weighted by molar-refractivity contribution is -0.139. The van der Waals surface area contributed by atoms with Gasteiger partial charge in [0.05, 0.1) is 7.11 Å². The molecule has 0 fully saturated rings. The van der Waals surface area contributed by atoms with Gasteiger partial charge in [0.25, 0.3) is 5.91 Å². The van der Waals surface area contributed by atoms with Crippen molar-refractivity contribution in [2.75, 3.05) is 13.7 Å². The summed E-state index contributed by atoms with van der Waals surface area (Å²) in [5.41, 5.74) is 0.348. The van der Waals surface area contributed by atoms with Crippen molar-refractivity contribution < 1.29 is 14.3 Å². The first kappa shape index (κ1) is 15.5. The molecule has 0 aromatic heterocycles. The van der Waals surface area contributed by atoms with E-state index in [1.807, 2.05) is 22.6 Å². The van der Waals surface area contributed by atoms with Gasteiger partial charge in [-0.25, -0.2) is 0 Å². The van der Waals surface area contributed by atoms with Crippen molar-refractivity contribution in [2.45, 2.75) is 3.92 Å². The summed E-state index contributed by atoms with van der Waals surface area (Å²) in [5, 5.41) is 3.37. The third-order valence-electron chi connectivity index (χ3n) is 2.02. The standard InChI is InChI=1S/C11H10Cl2INO3/c1-18-11(17)9(14)5-15-10(16)6-2-7(12)4-8(13)3-6/h2-4,9H,5H2,1H3,(H,15,16). The lowest BCUT2D eigenvalue weighted by Gasteiger charge is -2.09. The number of rotatable bonds is 4. The molecule has 98 valence electrons. The number of benzene rings is 1. The maximum absolute atomic E-state index is 11.8. The van der Waals surface area contributed by atoms with Crippen LogP contribution in [0.25, 0.3) is 0 Å². The number of hydrogen-bond acceptors (Lipinski definition) is 3. The van der Waals surface area contributed by atoms with Gasteiger partial charge >= 0.3 is 5.97 Å². The largest absolute Gasteiger partial charge is 0.468 e. The number of alkyl halides is 1. The van der Waals surface area contributed by atoms with Crippen LogP contribution in [0.1, 0.15) is 10.4 Å². The third kappa shape index (κ3) is 4.62. The Morgan fingerprint density at radius 3 is 2.39 bits per heavy atom. The van der Waals surface area contributed by atoms with Gasteiger partial charge in [-0.2, -0.15) is 0 Å². The maximum atomic E-state index is 11.8. The molecule has 4 nitrogen and oxygen atoms in total. The number of nitrogens with one attached hydrogen (secondary N) is 1. The fourth-order valence-electron chi connectivity index (χ4n) is 1.18. The van der Waals surface area contributed by atoms with Crippen LogP contribution < -0.4 is 5.32 Å². The summed E-state index contributed by atoms with van der Waals surface area (Å²) in [4.78, 5) is 22.9. The van der Waals surface area contributed by atoms with Crippen molar-refractivity contribution in [3.8, 4) is 0 Å². The quantitative estimate of drug-likeness (QED) is 0.479. The molecule has 0 saturated heterocycles. The normalized spacial score (nSPS) is 11.8. The summed E-state index contributed by atoms with van der Waals surface area (Å²) >= 11 is 13.5. The second-order valence-corrected chi connectivity index (χ2v) is 5.74. The number of ether oxygens (including phenoxy) is 1. The minimum atomic E-state index is -0.439. The lowest BCUT2D eigenvalue weighted by atomic mass is 10.2. The van der Waals surface area contributed by atoms with Crippen molar-refractivity contribution in [1.29, 1.82) is 0 Å². The highest BCUT2D eigenvalue weighted by Gasteiger charge is 2.16.